The van der Waals surface area contributed by atoms with Crippen molar-refractivity contribution >= 4 is 23.0 Å². The summed E-state index contributed by atoms with van der Waals surface area (Å²) in [5, 5.41) is 6.42. The first-order valence-corrected chi connectivity index (χ1v) is 8.91. The second-order valence-corrected chi connectivity index (χ2v) is 8.26. The van der Waals surface area contributed by atoms with Crippen LogP contribution in [0.2, 0.25) is 0 Å². The molecular formula is C17H22N2OS. The van der Waals surface area contributed by atoms with Crippen LogP contribution in [0.3, 0.4) is 0 Å². The predicted octanol–water partition coefficient (Wildman–Crippen LogP) is 4.07. The first-order valence-electron chi connectivity index (χ1n) is 8.03. The lowest BCUT2D eigenvalue weighted by Crippen LogP contribution is -2.49. The number of carbonyl (C=O) groups is 1. The number of carbonyl (C=O) groups excluding carboxylic acids is 1. The number of nitrogens with zero attached hydrogens (tertiary/aromatic N) is 1. The average molecular weight is 302 g/mol. The van der Waals surface area contributed by atoms with E-state index in [1.54, 1.807) is 0 Å². The standard InChI is InChI=1S/C17H22N2OS/c1-11(18-19-16(20)15-3-2-4-21-15)17-8-12-5-13(9-17)7-14(6-12)10-17/h2-4,12-14H,5-10H2,1H3,(H,19,20)/b18-11+. The Bertz CT molecular complexity index is 540. The van der Waals surface area contributed by atoms with Crippen molar-refractivity contribution < 1.29 is 4.79 Å². The van der Waals surface area contributed by atoms with E-state index in [1.807, 2.05) is 17.5 Å². The Balaban J connectivity index is 1.50. The van der Waals surface area contributed by atoms with Gasteiger partial charge in [-0.15, -0.1) is 11.3 Å². The monoisotopic (exact) mass is 302 g/mol. The molecule has 0 spiro atoms. The molecule has 112 valence electrons. The fourth-order valence-corrected chi connectivity index (χ4v) is 5.88. The van der Waals surface area contributed by atoms with Gasteiger partial charge in [-0.25, -0.2) is 5.43 Å². The van der Waals surface area contributed by atoms with Gasteiger partial charge >= 0.3 is 0 Å². The zero-order chi connectivity index (χ0) is 14.4. The molecule has 5 rings (SSSR count). The maximum Gasteiger partial charge on any atom is 0.281 e. The highest BCUT2D eigenvalue weighted by Crippen LogP contribution is 2.60. The van der Waals surface area contributed by atoms with Crippen molar-refractivity contribution in [2.75, 3.05) is 0 Å². The molecule has 4 heteroatoms. The van der Waals surface area contributed by atoms with E-state index < -0.39 is 0 Å². The molecule has 1 aromatic heterocycles. The molecule has 21 heavy (non-hydrogen) atoms. The van der Waals surface area contributed by atoms with Crippen molar-refractivity contribution in [3.63, 3.8) is 0 Å². The van der Waals surface area contributed by atoms with Gasteiger partial charge in [0.05, 0.1) is 4.88 Å². The molecule has 0 saturated heterocycles. The molecule has 1 heterocycles. The van der Waals surface area contributed by atoms with Crippen LogP contribution in [0.5, 0.6) is 0 Å². The first-order chi connectivity index (χ1) is 10.1. The van der Waals surface area contributed by atoms with Crippen LogP contribution in [0.1, 0.15) is 55.1 Å². The van der Waals surface area contributed by atoms with Gasteiger partial charge in [0.2, 0.25) is 0 Å². The van der Waals surface area contributed by atoms with Crippen molar-refractivity contribution in [3.05, 3.63) is 22.4 Å². The van der Waals surface area contributed by atoms with Gasteiger partial charge in [0.15, 0.2) is 0 Å². The summed E-state index contributed by atoms with van der Waals surface area (Å²) in [6, 6.07) is 3.74. The minimum absolute atomic E-state index is 0.0749. The number of thiophene rings is 1. The summed E-state index contributed by atoms with van der Waals surface area (Å²) in [6.45, 7) is 2.13. The average Bonchev–Trinajstić information content (AvgIpc) is 2.97. The van der Waals surface area contributed by atoms with Crippen LogP contribution >= 0.6 is 11.3 Å². The van der Waals surface area contributed by atoms with Gasteiger partial charge in [-0.05, 0) is 74.6 Å². The molecule has 0 aliphatic heterocycles. The summed E-state index contributed by atoms with van der Waals surface area (Å²) < 4.78 is 0. The molecule has 0 radical (unpaired) electrons. The van der Waals surface area contributed by atoms with Crippen molar-refractivity contribution in [1.29, 1.82) is 0 Å². The second-order valence-electron chi connectivity index (χ2n) is 7.31. The Labute approximate surface area is 129 Å². The molecule has 3 nitrogen and oxygen atoms in total. The highest BCUT2D eigenvalue weighted by molar-refractivity contribution is 7.12. The van der Waals surface area contributed by atoms with E-state index in [9.17, 15) is 4.79 Å². The van der Waals surface area contributed by atoms with E-state index >= 15 is 0 Å². The molecular weight excluding hydrogens is 280 g/mol. The van der Waals surface area contributed by atoms with Crippen LogP contribution < -0.4 is 5.43 Å². The van der Waals surface area contributed by atoms with Crippen LogP contribution in [0.25, 0.3) is 0 Å². The topological polar surface area (TPSA) is 41.5 Å². The number of hydrazone groups is 1. The summed E-state index contributed by atoms with van der Waals surface area (Å²) in [4.78, 5) is 12.8. The molecule has 0 atom stereocenters. The maximum absolute atomic E-state index is 12.0. The molecule has 0 aromatic carbocycles. The van der Waals surface area contributed by atoms with Crippen molar-refractivity contribution in [3.8, 4) is 0 Å². The van der Waals surface area contributed by atoms with Crippen LogP contribution in [0, 0.1) is 23.2 Å². The lowest BCUT2D eigenvalue weighted by molar-refractivity contribution is -0.0128. The van der Waals surface area contributed by atoms with Crippen molar-refractivity contribution in [2.24, 2.45) is 28.3 Å². The first kappa shape index (κ1) is 13.5. The van der Waals surface area contributed by atoms with E-state index in [0.29, 0.717) is 0 Å². The van der Waals surface area contributed by atoms with Crippen molar-refractivity contribution in [1.82, 2.24) is 5.43 Å². The van der Waals surface area contributed by atoms with E-state index in [1.165, 1.54) is 49.9 Å². The van der Waals surface area contributed by atoms with Gasteiger partial charge < -0.3 is 0 Å². The van der Waals surface area contributed by atoms with Crippen LogP contribution in [-0.2, 0) is 0 Å². The molecule has 4 aliphatic rings. The Kier molecular flexibility index (Phi) is 3.18. The van der Waals surface area contributed by atoms with Gasteiger partial charge in [-0.1, -0.05) is 6.07 Å². The summed E-state index contributed by atoms with van der Waals surface area (Å²) in [5.74, 6) is 2.66. The smallest absolute Gasteiger partial charge is 0.266 e. The van der Waals surface area contributed by atoms with Gasteiger partial charge in [-0.3, -0.25) is 4.79 Å². The number of rotatable bonds is 3. The van der Waals surface area contributed by atoms with Gasteiger partial charge in [0.25, 0.3) is 5.91 Å². The SMILES string of the molecule is C/C(=N\NC(=O)c1cccs1)C12CC3CC(CC(C3)C1)C2. The highest BCUT2D eigenvalue weighted by atomic mass is 32.1. The maximum atomic E-state index is 12.0. The largest absolute Gasteiger partial charge is 0.281 e. The minimum Gasteiger partial charge on any atom is -0.266 e. The summed E-state index contributed by atoms with van der Waals surface area (Å²) in [5.41, 5.74) is 4.22. The van der Waals surface area contributed by atoms with E-state index in [4.69, 9.17) is 0 Å². The minimum atomic E-state index is -0.0749. The number of hydrogen-bond donors (Lipinski definition) is 1. The molecule has 4 saturated carbocycles. The Morgan fingerprint density at radius 3 is 2.38 bits per heavy atom. The van der Waals surface area contributed by atoms with Crippen molar-refractivity contribution in [2.45, 2.75) is 45.4 Å². The van der Waals surface area contributed by atoms with Gasteiger partial charge in [-0.2, -0.15) is 5.10 Å². The normalized spacial score (nSPS) is 37.8. The van der Waals surface area contributed by atoms with Crippen LogP contribution in [-0.4, -0.2) is 11.6 Å². The lowest BCUT2D eigenvalue weighted by atomic mass is 9.48. The quantitative estimate of drug-likeness (QED) is 0.663. The Morgan fingerprint density at radius 2 is 1.86 bits per heavy atom. The Hall–Kier alpha value is -1.16. The summed E-state index contributed by atoms with van der Waals surface area (Å²) >= 11 is 1.46. The molecule has 1 aromatic rings. The third kappa shape index (κ3) is 2.33. The molecule has 0 unspecified atom stereocenters. The third-order valence-electron chi connectivity index (χ3n) is 5.88. The van der Waals surface area contributed by atoms with Crippen LogP contribution in [0.4, 0.5) is 0 Å². The third-order valence-corrected chi connectivity index (χ3v) is 6.74. The Morgan fingerprint density at radius 1 is 1.24 bits per heavy atom. The number of nitrogens with one attached hydrogen (secondary N) is 1. The number of hydrogen-bond acceptors (Lipinski definition) is 3. The fourth-order valence-electron chi connectivity index (χ4n) is 5.27. The van der Waals surface area contributed by atoms with Crippen LogP contribution in [0.15, 0.2) is 22.6 Å². The molecule has 4 bridgehead atoms. The number of amides is 1. The van der Waals surface area contributed by atoms with E-state index in [0.717, 1.165) is 28.3 Å². The van der Waals surface area contributed by atoms with E-state index in [2.05, 4.69) is 17.5 Å². The lowest BCUT2D eigenvalue weighted by Gasteiger charge is -2.56. The summed E-state index contributed by atoms with van der Waals surface area (Å²) in [7, 11) is 0. The summed E-state index contributed by atoms with van der Waals surface area (Å²) in [6.07, 6.45) is 8.20. The highest BCUT2D eigenvalue weighted by Gasteiger charge is 2.52. The molecule has 4 aliphatic carbocycles. The molecule has 1 N–H and O–H groups in total. The zero-order valence-electron chi connectivity index (χ0n) is 12.5. The van der Waals surface area contributed by atoms with E-state index in [-0.39, 0.29) is 11.3 Å². The molecule has 4 fully saturated rings. The zero-order valence-corrected chi connectivity index (χ0v) is 13.3. The molecule has 1 amide bonds. The van der Waals surface area contributed by atoms with Gasteiger partial charge in [0.1, 0.15) is 0 Å². The predicted molar refractivity (Wildman–Crippen MR) is 85.5 cm³/mol. The van der Waals surface area contributed by atoms with Gasteiger partial charge in [0, 0.05) is 11.1 Å². The fraction of sp³-hybridized carbons (Fsp3) is 0.647. The second kappa shape index (κ2) is 4.94.